The summed E-state index contributed by atoms with van der Waals surface area (Å²) in [6.07, 6.45) is 1.87. The second kappa shape index (κ2) is 5.19. The van der Waals surface area contributed by atoms with Gasteiger partial charge in [0.25, 0.3) is 0 Å². The highest BCUT2D eigenvalue weighted by Gasteiger charge is 2.20. The van der Waals surface area contributed by atoms with Crippen LogP contribution < -0.4 is 10.8 Å². The summed E-state index contributed by atoms with van der Waals surface area (Å²) in [6, 6.07) is 0. The molecule has 1 saturated heterocycles. The molecule has 13 heavy (non-hydrogen) atoms. The number of piperidine rings is 1. The summed E-state index contributed by atoms with van der Waals surface area (Å²) in [6.45, 7) is 5.64. The number of hydrogen-bond donors (Lipinski definition) is 2. The van der Waals surface area contributed by atoms with Crippen molar-refractivity contribution in [3.05, 3.63) is 0 Å². The maximum absolute atomic E-state index is 11.4. The van der Waals surface area contributed by atoms with E-state index >= 15 is 0 Å². The van der Waals surface area contributed by atoms with Gasteiger partial charge in [0.05, 0.1) is 6.10 Å². The zero-order valence-electron chi connectivity index (χ0n) is 8.30. The molecular weight excluding hydrogens is 168 g/mol. The smallest absolute Gasteiger partial charge is 0.246 e. The van der Waals surface area contributed by atoms with Crippen LogP contribution in [0.15, 0.2) is 0 Å². The molecule has 0 saturated carbocycles. The van der Waals surface area contributed by atoms with Crippen LogP contribution in [0.1, 0.15) is 26.7 Å². The zero-order valence-corrected chi connectivity index (χ0v) is 8.30. The van der Waals surface area contributed by atoms with Crippen LogP contribution in [-0.4, -0.2) is 25.1 Å². The van der Waals surface area contributed by atoms with Gasteiger partial charge in [-0.1, -0.05) is 0 Å². The molecule has 1 heterocycles. The molecule has 1 aliphatic rings. The lowest BCUT2D eigenvalue weighted by Gasteiger charge is -2.21. The van der Waals surface area contributed by atoms with Crippen LogP contribution in [0.3, 0.4) is 0 Å². The van der Waals surface area contributed by atoms with E-state index in [9.17, 15) is 4.79 Å². The summed E-state index contributed by atoms with van der Waals surface area (Å²) in [5, 5.41) is 3.21. The lowest BCUT2D eigenvalue weighted by molar-refractivity contribution is -0.141. The highest BCUT2D eigenvalue weighted by atomic mass is 16.7. The van der Waals surface area contributed by atoms with Gasteiger partial charge in [0, 0.05) is 5.92 Å². The minimum atomic E-state index is 0.0233. The second-order valence-corrected chi connectivity index (χ2v) is 3.66. The molecule has 1 fully saturated rings. The summed E-state index contributed by atoms with van der Waals surface area (Å²) >= 11 is 0. The van der Waals surface area contributed by atoms with Gasteiger partial charge in [-0.2, -0.15) is 0 Å². The third-order valence-corrected chi connectivity index (χ3v) is 2.11. The van der Waals surface area contributed by atoms with Gasteiger partial charge < -0.3 is 5.32 Å². The van der Waals surface area contributed by atoms with Crippen LogP contribution in [0.25, 0.3) is 0 Å². The summed E-state index contributed by atoms with van der Waals surface area (Å²) in [5.41, 5.74) is 2.49. The highest BCUT2D eigenvalue weighted by Crippen LogP contribution is 2.11. The number of carbonyl (C=O) groups is 1. The number of amides is 1. The van der Waals surface area contributed by atoms with Crippen molar-refractivity contribution in [1.29, 1.82) is 0 Å². The van der Waals surface area contributed by atoms with Gasteiger partial charge >= 0.3 is 0 Å². The summed E-state index contributed by atoms with van der Waals surface area (Å²) < 4.78 is 0. The molecular formula is C9H18N2O2. The van der Waals surface area contributed by atoms with Gasteiger partial charge in [-0.05, 0) is 39.8 Å². The van der Waals surface area contributed by atoms with E-state index in [2.05, 4.69) is 10.8 Å². The van der Waals surface area contributed by atoms with Crippen molar-refractivity contribution in [2.45, 2.75) is 32.8 Å². The lowest BCUT2D eigenvalue weighted by Crippen LogP contribution is -2.39. The molecule has 0 bridgehead atoms. The van der Waals surface area contributed by atoms with Gasteiger partial charge in [-0.3, -0.25) is 9.63 Å². The van der Waals surface area contributed by atoms with Gasteiger partial charge in [0.1, 0.15) is 0 Å². The minimum Gasteiger partial charge on any atom is -0.317 e. The van der Waals surface area contributed by atoms with Crippen molar-refractivity contribution >= 4 is 5.91 Å². The Kier molecular flexibility index (Phi) is 4.18. The first-order chi connectivity index (χ1) is 6.20. The van der Waals surface area contributed by atoms with Crippen molar-refractivity contribution in [2.75, 3.05) is 13.1 Å². The summed E-state index contributed by atoms with van der Waals surface area (Å²) in [7, 11) is 0. The molecule has 0 atom stereocenters. The zero-order chi connectivity index (χ0) is 9.68. The fraction of sp³-hybridized carbons (Fsp3) is 0.889. The summed E-state index contributed by atoms with van der Waals surface area (Å²) in [5.74, 6) is 0.148. The number of hydroxylamine groups is 1. The molecule has 4 heteroatoms. The Morgan fingerprint density at radius 1 is 1.46 bits per heavy atom. The molecule has 0 aromatic rings. The molecule has 0 aromatic heterocycles. The summed E-state index contributed by atoms with van der Waals surface area (Å²) in [4.78, 5) is 16.5. The molecule has 0 radical (unpaired) electrons. The fourth-order valence-electron chi connectivity index (χ4n) is 1.34. The second-order valence-electron chi connectivity index (χ2n) is 3.66. The third kappa shape index (κ3) is 3.74. The first-order valence-corrected chi connectivity index (χ1v) is 4.86. The van der Waals surface area contributed by atoms with E-state index in [-0.39, 0.29) is 17.9 Å². The van der Waals surface area contributed by atoms with E-state index in [0.717, 1.165) is 25.9 Å². The van der Waals surface area contributed by atoms with E-state index in [1.54, 1.807) is 0 Å². The number of hydrogen-bond acceptors (Lipinski definition) is 3. The molecule has 1 rings (SSSR count). The average Bonchev–Trinajstić information content (AvgIpc) is 2.15. The number of carbonyl (C=O) groups excluding carboxylic acids is 1. The molecule has 2 N–H and O–H groups in total. The van der Waals surface area contributed by atoms with Crippen LogP contribution in [-0.2, 0) is 9.63 Å². The van der Waals surface area contributed by atoms with Gasteiger partial charge in [0.2, 0.25) is 5.91 Å². The predicted molar refractivity (Wildman–Crippen MR) is 50.0 cm³/mol. The number of nitrogens with one attached hydrogen (secondary N) is 2. The quantitative estimate of drug-likeness (QED) is 0.629. The maximum atomic E-state index is 11.4. The predicted octanol–water partition coefficient (Wildman–Crippen LogP) is 0.442. The van der Waals surface area contributed by atoms with Crippen molar-refractivity contribution in [2.24, 2.45) is 5.92 Å². The Balaban J connectivity index is 2.21. The molecule has 1 amide bonds. The number of rotatable bonds is 3. The average molecular weight is 186 g/mol. The highest BCUT2D eigenvalue weighted by molar-refractivity contribution is 5.77. The molecule has 76 valence electrons. The van der Waals surface area contributed by atoms with Crippen molar-refractivity contribution in [3.63, 3.8) is 0 Å². The Bertz CT molecular complexity index is 165. The van der Waals surface area contributed by atoms with Crippen molar-refractivity contribution < 1.29 is 9.63 Å². The third-order valence-electron chi connectivity index (χ3n) is 2.11. The molecule has 0 aromatic carbocycles. The van der Waals surface area contributed by atoms with Crippen LogP contribution >= 0.6 is 0 Å². The molecule has 0 spiro atoms. The Labute approximate surface area is 79.0 Å². The largest absolute Gasteiger partial charge is 0.317 e. The van der Waals surface area contributed by atoms with E-state index in [4.69, 9.17) is 4.84 Å². The minimum absolute atomic E-state index is 0.0233. The maximum Gasteiger partial charge on any atom is 0.246 e. The first-order valence-electron chi connectivity index (χ1n) is 4.86. The van der Waals surface area contributed by atoms with Gasteiger partial charge in [0.15, 0.2) is 0 Å². The SMILES string of the molecule is CC(C)ONC(=O)C1CCNCC1. The van der Waals surface area contributed by atoms with Gasteiger partial charge in [-0.15, -0.1) is 0 Å². The topological polar surface area (TPSA) is 50.4 Å². The normalized spacial score (nSPS) is 19.0. The first kappa shape index (κ1) is 10.5. The molecule has 0 aliphatic carbocycles. The molecule has 4 nitrogen and oxygen atoms in total. The van der Waals surface area contributed by atoms with Crippen LogP contribution in [0.2, 0.25) is 0 Å². The standard InChI is InChI=1S/C9H18N2O2/c1-7(2)13-11-9(12)8-3-5-10-6-4-8/h7-8,10H,3-6H2,1-2H3,(H,11,12). The van der Waals surface area contributed by atoms with Crippen LogP contribution in [0.4, 0.5) is 0 Å². The van der Waals surface area contributed by atoms with Crippen LogP contribution in [0.5, 0.6) is 0 Å². The Morgan fingerprint density at radius 3 is 2.62 bits per heavy atom. The van der Waals surface area contributed by atoms with Crippen molar-refractivity contribution in [1.82, 2.24) is 10.8 Å². The lowest BCUT2D eigenvalue weighted by atomic mass is 9.98. The van der Waals surface area contributed by atoms with Crippen LogP contribution in [0, 0.1) is 5.92 Å². The Morgan fingerprint density at radius 2 is 2.08 bits per heavy atom. The van der Waals surface area contributed by atoms with E-state index in [1.807, 2.05) is 13.8 Å². The van der Waals surface area contributed by atoms with E-state index < -0.39 is 0 Å². The van der Waals surface area contributed by atoms with Gasteiger partial charge in [-0.25, -0.2) is 5.48 Å². The monoisotopic (exact) mass is 186 g/mol. The van der Waals surface area contributed by atoms with Crippen molar-refractivity contribution in [3.8, 4) is 0 Å². The molecule has 0 unspecified atom stereocenters. The Hall–Kier alpha value is -0.610. The fourth-order valence-corrected chi connectivity index (χ4v) is 1.34. The van der Waals surface area contributed by atoms with E-state index in [0.29, 0.717) is 0 Å². The molecule has 1 aliphatic heterocycles. The van der Waals surface area contributed by atoms with E-state index in [1.165, 1.54) is 0 Å².